The van der Waals surface area contributed by atoms with Crippen LogP contribution in [0.15, 0.2) is 53.3 Å². The third-order valence-electron chi connectivity index (χ3n) is 5.06. The van der Waals surface area contributed by atoms with Gasteiger partial charge in [0.15, 0.2) is 5.69 Å². The molecule has 1 atom stereocenters. The topological polar surface area (TPSA) is 64.0 Å². The van der Waals surface area contributed by atoms with Crippen LogP contribution in [0.25, 0.3) is 10.8 Å². The molecule has 0 saturated carbocycles. The van der Waals surface area contributed by atoms with Gasteiger partial charge in [-0.15, -0.1) is 0 Å². The van der Waals surface area contributed by atoms with E-state index < -0.39 is 0 Å². The van der Waals surface area contributed by atoms with Crippen LogP contribution in [0.3, 0.4) is 0 Å². The van der Waals surface area contributed by atoms with Crippen LogP contribution in [-0.2, 0) is 13.0 Å². The van der Waals surface area contributed by atoms with E-state index in [1.54, 1.807) is 12.1 Å². The predicted molar refractivity (Wildman–Crippen MR) is 101 cm³/mol. The SMILES string of the molecule is CCn1nc(C(=O)N[C@@H]2CCCc3ccccc32)c2ccccc2c1=O. The third-order valence-corrected chi connectivity index (χ3v) is 5.06. The predicted octanol–water partition coefficient (Wildman–Crippen LogP) is 3.22. The molecule has 2 aromatic carbocycles. The van der Waals surface area contributed by atoms with Gasteiger partial charge in [0.25, 0.3) is 11.5 Å². The summed E-state index contributed by atoms with van der Waals surface area (Å²) >= 11 is 0. The number of rotatable bonds is 3. The van der Waals surface area contributed by atoms with Crippen LogP contribution in [0.2, 0.25) is 0 Å². The zero-order chi connectivity index (χ0) is 18.1. The fourth-order valence-corrected chi connectivity index (χ4v) is 3.75. The number of amides is 1. The number of benzene rings is 2. The van der Waals surface area contributed by atoms with Crippen LogP contribution in [0, 0.1) is 0 Å². The largest absolute Gasteiger partial charge is 0.344 e. The Morgan fingerprint density at radius 2 is 1.88 bits per heavy atom. The van der Waals surface area contributed by atoms with Crippen LogP contribution in [-0.4, -0.2) is 15.7 Å². The molecule has 1 heterocycles. The van der Waals surface area contributed by atoms with Gasteiger partial charge in [-0.2, -0.15) is 5.10 Å². The van der Waals surface area contributed by atoms with E-state index in [-0.39, 0.29) is 17.5 Å². The van der Waals surface area contributed by atoms with Crippen molar-refractivity contribution in [1.82, 2.24) is 15.1 Å². The number of nitrogens with zero attached hydrogens (tertiary/aromatic N) is 2. The Balaban J connectivity index is 1.74. The fraction of sp³-hybridized carbons (Fsp3) is 0.286. The summed E-state index contributed by atoms with van der Waals surface area (Å²) in [5.41, 5.74) is 2.62. The van der Waals surface area contributed by atoms with Crippen LogP contribution in [0.1, 0.15) is 47.4 Å². The molecule has 0 radical (unpaired) electrons. The van der Waals surface area contributed by atoms with E-state index in [4.69, 9.17) is 0 Å². The smallest absolute Gasteiger partial charge is 0.274 e. The highest BCUT2D eigenvalue weighted by Crippen LogP contribution is 2.29. The lowest BCUT2D eigenvalue weighted by atomic mass is 9.87. The van der Waals surface area contributed by atoms with E-state index >= 15 is 0 Å². The molecule has 5 nitrogen and oxygen atoms in total. The van der Waals surface area contributed by atoms with E-state index in [1.165, 1.54) is 15.8 Å². The number of aryl methyl sites for hydroxylation is 2. The Labute approximate surface area is 151 Å². The molecule has 0 fully saturated rings. The van der Waals surface area contributed by atoms with Gasteiger partial charge in [0.1, 0.15) is 0 Å². The quantitative estimate of drug-likeness (QED) is 0.791. The molecule has 26 heavy (non-hydrogen) atoms. The molecule has 0 aliphatic heterocycles. The molecule has 1 N–H and O–H groups in total. The van der Waals surface area contributed by atoms with Crippen molar-refractivity contribution in [3.05, 3.63) is 75.7 Å². The van der Waals surface area contributed by atoms with Crippen LogP contribution in [0.4, 0.5) is 0 Å². The Morgan fingerprint density at radius 1 is 1.15 bits per heavy atom. The first kappa shape index (κ1) is 16.5. The molecule has 3 aromatic rings. The molecular weight excluding hydrogens is 326 g/mol. The number of fused-ring (bicyclic) bond motifs is 2. The lowest BCUT2D eigenvalue weighted by Gasteiger charge is -2.26. The maximum atomic E-state index is 13.0. The van der Waals surface area contributed by atoms with Gasteiger partial charge >= 0.3 is 0 Å². The van der Waals surface area contributed by atoms with Crippen molar-refractivity contribution < 1.29 is 4.79 Å². The molecule has 0 saturated heterocycles. The van der Waals surface area contributed by atoms with Crippen LogP contribution < -0.4 is 10.9 Å². The van der Waals surface area contributed by atoms with E-state index in [1.807, 2.05) is 31.2 Å². The van der Waals surface area contributed by atoms with Crippen molar-refractivity contribution in [2.24, 2.45) is 0 Å². The van der Waals surface area contributed by atoms with Gasteiger partial charge in [0.05, 0.1) is 11.4 Å². The van der Waals surface area contributed by atoms with Crippen molar-refractivity contribution in [3.8, 4) is 0 Å². The van der Waals surface area contributed by atoms with Crippen LogP contribution >= 0.6 is 0 Å². The second kappa shape index (κ2) is 6.75. The number of carbonyl (C=O) groups is 1. The summed E-state index contributed by atoms with van der Waals surface area (Å²) in [7, 11) is 0. The summed E-state index contributed by atoms with van der Waals surface area (Å²) in [5.74, 6) is -0.231. The molecule has 0 unspecified atom stereocenters. The van der Waals surface area contributed by atoms with E-state index in [0.717, 1.165) is 19.3 Å². The number of aromatic nitrogens is 2. The lowest BCUT2D eigenvalue weighted by Crippen LogP contribution is -2.34. The first-order valence-electron chi connectivity index (χ1n) is 9.07. The minimum absolute atomic E-state index is 0.0185. The Bertz CT molecular complexity index is 1040. The second-order valence-corrected chi connectivity index (χ2v) is 6.63. The summed E-state index contributed by atoms with van der Waals surface area (Å²) < 4.78 is 1.35. The fourth-order valence-electron chi connectivity index (χ4n) is 3.75. The number of hydrogen-bond acceptors (Lipinski definition) is 3. The average molecular weight is 347 g/mol. The maximum Gasteiger partial charge on any atom is 0.274 e. The molecule has 4 rings (SSSR count). The molecule has 1 aliphatic carbocycles. The van der Waals surface area contributed by atoms with E-state index in [0.29, 0.717) is 23.0 Å². The summed E-state index contributed by atoms with van der Waals surface area (Å²) in [6, 6.07) is 15.4. The van der Waals surface area contributed by atoms with Gasteiger partial charge in [-0.05, 0) is 43.4 Å². The van der Waals surface area contributed by atoms with Gasteiger partial charge in [-0.1, -0.05) is 42.5 Å². The summed E-state index contributed by atoms with van der Waals surface area (Å²) in [6.45, 7) is 2.28. The van der Waals surface area contributed by atoms with Crippen molar-refractivity contribution in [2.45, 2.75) is 38.8 Å². The summed E-state index contributed by atoms with van der Waals surface area (Å²) in [6.07, 6.45) is 3.00. The molecule has 5 heteroatoms. The highest BCUT2D eigenvalue weighted by Gasteiger charge is 2.24. The first-order valence-corrected chi connectivity index (χ1v) is 9.07. The highest BCUT2D eigenvalue weighted by atomic mass is 16.2. The van der Waals surface area contributed by atoms with E-state index in [2.05, 4.69) is 22.5 Å². The molecule has 1 aromatic heterocycles. The zero-order valence-electron chi connectivity index (χ0n) is 14.7. The van der Waals surface area contributed by atoms with Crippen molar-refractivity contribution in [2.75, 3.05) is 0 Å². The van der Waals surface area contributed by atoms with Gasteiger partial charge in [-0.3, -0.25) is 9.59 Å². The number of nitrogens with one attached hydrogen (secondary N) is 1. The zero-order valence-corrected chi connectivity index (χ0v) is 14.7. The Hall–Kier alpha value is -2.95. The molecule has 1 aliphatic rings. The normalized spacial score (nSPS) is 16.3. The Kier molecular flexibility index (Phi) is 4.29. The lowest BCUT2D eigenvalue weighted by molar-refractivity contribution is 0.0927. The van der Waals surface area contributed by atoms with Gasteiger partial charge in [0.2, 0.25) is 0 Å². The minimum Gasteiger partial charge on any atom is -0.344 e. The van der Waals surface area contributed by atoms with Crippen molar-refractivity contribution >= 4 is 16.7 Å². The molecule has 0 bridgehead atoms. The molecule has 1 amide bonds. The first-order chi connectivity index (χ1) is 12.7. The van der Waals surface area contributed by atoms with E-state index in [9.17, 15) is 9.59 Å². The van der Waals surface area contributed by atoms with Crippen LogP contribution in [0.5, 0.6) is 0 Å². The van der Waals surface area contributed by atoms with Crippen molar-refractivity contribution in [1.29, 1.82) is 0 Å². The summed E-state index contributed by atoms with van der Waals surface area (Å²) in [5, 5.41) is 8.60. The monoisotopic (exact) mass is 347 g/mol. The van der Waals surface area contributed by atoms with Gasteiger partial charge in [-0.25, -0.2) is 4.68 Å². The minimum atomic E-state index is -0.231. The number of carbonyl (C=O) groups excluding carboxylic acids is 1. The standard InChI is InChI=1S/C21H21N3O2/c1-2-24-21(26)17-12-6-5-11-16(17)19(23-24)20(25)22-18-13-7-9-14-8-3-4-10-15(14)18/h3-6,8,10-12,18H,2,7,9,13H2,1H3,(H,22,25)/t18-/m1/s1. The maximum absolute atomic E-state index is 13.0. The molecular formula is C21H21N3O2. The molecule has 132 valence electrons. The highest BCUT2D eigenvalue weighted by molar-refractivity contribution is 6.04. The third kappa shape index (κ3) is 2.79. The van der Waals surface area contributed by atoms with Crippen molar-refractivity contribution in [3.63, 3.8) is 0 Å². The summed E-state index contributed by atoms with van der Waals surface area (Å²) in [4.78, 5) is 25.5. The average Bonchev–Trinajstić information content (AvgIpc) is 2.69. The van der Waals surface area contributed by atoms with Gasteiger partial charge in [0, 0.05) is 11.9 Å². The molecule has 0 spiro atoms. The number of hydrogen-bond donors (Lipinski definition) is 1. The Morgan fingerprint density at radius 3 is 2.69 bits per heavy atom. The van der Waals surface area contributed by atoms with Gasteiger partial charge < -0.3 is 5.32 Å². The second-order valence-electron chi connectivity index (χ2n) is 6.63.